The first-order valence-electron chi connectivity index (χ1n) is 8.67. The molecule has 6 heteroatoms. The monoisotopic (exact) mass is 337 g/mol. The molecule has 3 aliphatic carbocycles. The number of methoxy groups -OCH3 is 1. The standard InChI is InChI=1S/C18H27NO5/c1-11-6-7-13-10-18(11,17(13,3)4)24-23-16(22-5)12(2)19-14(20)8-9-15(19)21/h8-9,11-13,16H,6-7,10H2,1-5H3. The van der Waals surface area contributed by atoms with Crippen molar-refractivity contribution < 1.29 is 24.1 Å². The number of hydrogen-bond acceptors (Lipinski definition) is 5. The maximum Gasteiger partial charge on any atom is 0.254 e. The third kappa shape index (κ3) is 2.35. The van der Waals surface area contributed by atoms with Gasteiger partial charge in [-0.1, -0.05) is 20.8 Å². The Morgan fingerprint density at radius 2 is 1.83 bits per heavy atom. The van der Waals surface area contributed by atoms with E-state index in [2.05, 4.69) is 20.8 Å². The predicted molar refractivity (Wildman–Crippen MR) is 86.4 cm³/mol. The summed E-state index contributed by atoms with van der Waals surface area (Å²) < 4.78 is 5.36. The normalized spacial score (nSPS) is 36.6. The van der Waals surface area contributed by atoms with Crippen molar-refractivity contribution in [3.05, 3.63) is 12.2 Å². The molecule has 3 saturated carbocycles. The maximum absolute atomic E-state index is 11.8. The fourth-order valence-corrected chi connectivity index (χ4v) is 4.69. The number of carbonyl (C=O) groups is 2. The Morgan fingerprint density at radius 3 is 2.33 bits per heavy atom. The molecular weight excluding hydrogens is 310 g/mol. The van der Waals surface area contributed by atoms with Crippen molar-refractivity contribution >= 4 is 11.8 Å². The van der Waals surface area contributed by atoms with E-state index in [1.54, 1.807) is 6.92 Å². The Bertz CT molecular complexity index is 554. The Morgan fingerprint density at radius 1 is 1.21 bits per heavy atom. The highest BCUT2D eigenvalue weighted by atomic mass is 17.2. The zero-order chi connectivity index (χ0) is 17.7. The molecule has 0 N–H and O–H groups in total. The van der Waals surface area contributed by atoms with E-state index in [0.717, 1.165) is 17.7 Å². The first-order chi connectivity index (χ1) is 11.2. The van der Waals surface area contributed by atoms with Crippen LogP contribution >= 0.6 is 0 Å². The highest BCUT2D eigenvalue weighted by Crippen LogP contribution is 2.65. The van der Waals surface area contributed by atoms with E-state index < -0.39 is 12.3 Å². The molecule has 5 atom stereocenters. The van der Waals surface area contributed by atoms with Crippen molar-refractivity contribution in [2.45, 2.75) is 64.9 Å². The third-order valence-corrected chi connectivity index (χ3v) is 6.57. The zero-order valence-electron chi connectivity index (χ0n) is 15.1. The van der Waals surface area contributed by atoms with Gasteiger partial charge >= 0.3 is 0 Å². The van der Waals surface area contributed by atoms with Crippen LogP contribution in [0.4, 0.5) is 0 Å². The minimum absolute atomic E-state index is 0.0486. The van der Waals surface area contributed by atoms with E-state index >= 15 is 0 Å². The Hall–Kier alpha value is -1.24. The van der Waals surface area contributed by atoms with Gasteiger partial charge in [-0.2, -0.15) is 0 Å². The van der Waals surface area contributed by atoms with E-state index in [-0.39, 0.29) is 22.8 Å². The number of hydrogen-bond donors (Lipinski definition) is 0. The van der Waals surface area contributed by atoms with E-state index in [4.69, 9.17) is 14.5 Å². The second-order valence-corrected chi connectivity index (χ2v) is 7.89. The molecule has 0 aromatic heterocycles. The molecule has 0 spiro atoms. The number of rotatable bonds is 6. The van der Waals surface area contributed by atoms with Crippen LogP contribution in [0, 0.1) is 17.3 Å². The van der Waals surface area contributed by atoms with Crippen LogP contribution < -0.4 is 0 Å². The van der Waals surface area contributed by atoms with Crippen LogP contribution in [-0.4, -0.2) is 41.8 Å². The third-order valence-electron chi connectivity index (χ3n) is 6.57. The van der Waals surface area contributed by atoms with Gasteiger partial charge in [0.05, 0.1) is 6.04 Å². The molecule has 6 nitrogen and oxygen atoms in total. The molecule has 1 heterocycles. The van der Waals surface area contributed by atoms with Gasteiger partial charge in [0, 0.05) is 24.7 Å². The summed E-state index contributed by atoms with van der Waals surface area (Å²) in [6.45, 7) is 8.37. The topological polar surface area (TPSA) is 65.1 Å². The molecule has 0 saturated heterocycles. The zero-order valence-corrected chi connectivity index (χ0v) is 15.1. The molecule has 24 heavy (non-hydrogen) atoms. The summed E-state index contributed by atoms with van der Waals surface area (Å²) in [5.41, 5.74) is -0.281. The summed E-state index contributed by atoms with van der Waals surface area (Å²) >= 11 is 0. The molecule has 0 aromatic carbocycles. The van der Waals surface area contributed by atoms with Gasteiger partial charge in [-0.15, -0.1) is 0 Å². The van der Waals surface area contributed by atoms with Crippen LogP contribution in [0.3, 0.4) is 0 Å². The van der Waals surface area contributed by atoms with Gasteiger partial charge in [0.2, 0.25) is 6.29 Å². The molecule has 3 fully saturated rings. The largest absolute Gasteiger partial charge is 0.351 e. The minimum Gasteiger partial charge on any atom is -0.351 e. The van der Waals surface area contributed by atoms with Crippen molar-refractivity contribution in [2.75, 3.05) is 7.11 Å². The quantitative estimate of drug-likeness (QED) is 0.322. The van der Waals surface area contributed by atoms with E-state index in [1.807, 2.05) is 0 Å². The number of fused-ring (bicyclic) bond motifs is 2. The van der Waals surface area contributed by atoms with Gasteiger partial charge in [-0.3, -0.25) is 14.5 Å². The molecule has 4 aliphatic rings. The lowest BCUT2D eigenvalue weighted by atomic mass is 9.43. The van der Waals surface area contributed by atoms with Crippen LogP contribution in [0.5, 0.6) is 0 Å². The lowest BCUT2D eigenvalue weighted by Gasteiger charge is -2.66. The summed E-state index contributed by atoms with van der Waals surface area (Å²) in [6, 6.07) is -0.570. The lowest BCUT2D eigenvalue weighted by Crippen LogP contribution is -2.68. The summed E-state index contributed by atoms with van der Waals surface area (Å²) in [5.74, 6) is 0.335. The molecule has 134 valence electrons. The van der Waals surface area contributed by atoms with Gasteiger partial charge < -0.3 is 4.74 Å². The van der Waals surface area contributed by atoms with Crippen molar-refractivity contribution in [3.63, 3.8) is 0 Å². The number of carbonyl (C=O) groups excluding carboxylic acids is 2. The molecule has 0 aromatic rings. The summed E-state index contributed by atoms with van der Waals surface area (Å²) in [6.07, 6.45) is 5.02. The second-order valence-electron chi connectivity index (χ2n) is 7.89. The SMILES string of the molecule is COC(OOC12CC(CCC1C)C2(C)C)C(C)N1C(=O)C=CC1=O. The van der Waals surface area contributed by atoms with Gasteiger partial charge in [-0.25, -0.2) is 9.78 Å². The van der Waals surface area contributed by atoms with Crippen LogP contribution in [-0.2, 0) is 24.1 Å². The number of ether oxygens (including phenoxy) is 1. The fraction of sp³-hybridized carbons (Fsp3) is 0.778. The average Bonchev–Trinajstić information content (AvgIpc) is 2.87. The lowest BCUT2D eigenvalue weighted by molar-refractivity contribution is -0.483. The average molecular weight is 337 g/mol. The van der Waals surface area contributed by atoms with Crippen molar-refractivity contribution in [1.82, 2.24) is 4.90 Å². The summed E-state index contributed by atoms with van der Waals surface area (Å²) in [5, 5.41) is 0. The first kappa shape index (κ1) is 17.6. The number of amides is 2. The molecule has 5 unspecified atom stereocenters. The molecule has 4 rings (SSSR count). The highest BCUT2D eigenvalue weighted by molar-refractivity contribution is 6.13. The van der Waals surface area contributed by atoms with Crippen LogP contribution in [0.1, 0.15) is 47.0 Å². The highest BCUT2D eigenvalue weighted by Gasteiger charge is 2.67. The van der Waals surface area contributed by atoms with Crippen LogP contribution in [0.15, 0.2) is 12.2 Å². The fourth-order valence-electron chi connectivity index (χ4n) is 4.69. The Kier molecular flexibility index (Phi) is 4.35. The van der Waals surface area contributed by atoms with Crippen LogP contribution in [0.25, 0.3) is 0 Å². The van der Waals surface area contributed by atoms with Crippen molar-refractivity contribution in [3.8, 4) is 0 Å². The number of nitrogens with zero attached hydrogens (tertiary/aromatic N) is 1. The summed E-state index contributed by atoms with van der Waals surface area (Å²) in [4.78, 5) is 36.4. The van der Waals surface area contributed by atoms with Gasteiger partial charge in [-0.05, 0) is 38.0 Å². The molecule has 1 aliphatic heterocycles. The van der Waals surface area contributed by atoms with Crippen LogP contribution in [0.2, 0.25) is 0 Å². The van der Waals surface area contributed by atoms with Gasteiger partial charge in [0.1, 0.15) is 5.60 Å². The molecule has 0 radical (unpaired) electrons. The Labute approximate surface area is 143 Å². The molecule has 2 bridgehead atoms. The van der Waals surface area contributed by atoms with Gasteiger partial charge in [0.25, 0.3) is 11.8 Å². The van der Waals surface area contributed by atoms with Gasteiger partial charge in [0.15, 0.2) is 0 Å². The predicted octanol–water partition coefficient (Wildman–Crippen LogP) is 2.44. The second kappa shape index (κ2) is 5.93. The van der Waals surface area contributed by atoms with E-state index in [1.165, 1.54) is 25.7 Å². The van der Waals surface area contributed by atoms with E-state index in [0.29, 0.717) is 11.8 Å². The van der Waals surface area contributed by atoms with E-state index in [9.17, 15) is 9.59 Å². The molecule has 2 amide bonds. The Balaban J connectivity index is 1.68. The minimum atomic E-state index is -0.823. The first-order valence-corrected chi connectivity index (χ1v) is 8.67. The van der Waals surface area contributed by atoms with Crippen molar-refractivity contribution in [1.29, 1.82) is 0 Å². The molecular formula is C18H27NO5. The summed E-state index contributed by atoms with van der Waals surface area (Å²) in [7, 11) is 1.49. The maximum atomic E-state index is 11.8. The smallest absolute Gasteiger partial charge is 0.254 e. The number of imide groups is 1. The van der Waals surface area contributed by atoms with Crippen molar-refractivity contribution in [2.24, 2.45) is 17.3 Å².